The first-order valence-electron chi connectivity index (χ1n) is 6.61. The Labute approximate surface area is 114 Å². The van der Waals surface area contributed by atoms with Gasteiger partial charge in [-0.25, -0.2) is 0 Å². The molecule has 1 aliphatic carbocycles. The highest BCUT2D eigenvalue weighted by molar-refractivity contribution is 6.18. The van der Waals surface area contributed by atoms with Gasteiger partial charge in [0.2, 0.25) is 5.91 Å². The van der Waals surface area contributed by atoms with Gasteiger partial charge in [-0.05, 0) is 31.7 Å². The van der Waals surface area contributed by atoms with Gasteiger partial charge in [0.05, 0.1) is 5.41 Å². The lowest BCUT2D eigenvalue weighted by Gasteiger charge is -2.26. The number of halogens is 1. The summed E-state index contributed by atoms with van der Waals surface area (Å²) >= 11 is 6.00. The van der Waals surface area contributed by atoms with Crippen LogP contribution in [0.2, 0.25) is 0 Å². The lowest BCUT2D eigenvalue weighted by atomic mass is 9.92. The van der Waals surface area contributed by atoms with Gasteiger partial charge in [0.15, 0.2) is 0 Å². The van der Waals surface area contributed by atoms with Crippen molar-refractivity contribution in [2.45, 2.75) is 25.7 Å². The van der Waals surface area contributed by atoms with Crippen molar-refractivity contribution in [3.63, 3.8) is 0 Å². The summed E-state index contributed by atoms with van der Waals surface area (Å²) in [5.74, 6) is 1.08. The van der Waals surface area contributed by atoms with Crippen LogP contribution in [0, 0.1) is 5.92 Å². The molecule has 1 fully saturated rings. The standard InChI is InChI=1S/C15H20ClNO/c1-3-17(4-2)14(18)15(10-13(15)11-16)12-8-6-5-7-9-12/h5-9,13H,3-4,10-11H2,1-2H3/t13-,15-/m1/s1. The molecule has 0 heterocycles. The molecule has 0 saturated heterocycles. The number of amides is 1. The van der Waals surface area contributed by atoms with Crippen molar-refractivity contribution in [2.24, 2.45) is 5.92 Å². The van der Waals surface area contributed by atoms with Gasteiger partial charge < -0.3 is 4.90 Å². The first-order valence-corrected chi connectivity index (χ1v) is 7.15. The molecule has 0 aliphatic heterocycles. The number of benzene rings is 1. The number of nitrogens with zero attached hydrogens (tertiary/aromatic N) is 1. The maximum Gasteiger partial charge on any atom is 0.233 e. The number of hydrogen-bond donors (Lipinski definition) is 0. The van der Waals surface area contributed by atoms with Crippen LogP contribution in [0.3, 0.4) is 0 Å². The second kappa shape index (κ2) is 5.31. The molecule has 1 aromatic rings. The Morgan fingerprint density at radius 2 is 1.94 bits per heavy atom. The summed E-state index contributed by atoms with van der Waals surface area (Å²) in [7, 11) is 0. The third kappa shape index (κ3) is 2.03. The van der Waals surface area contributed by atoms with Crippen LogP contribution >= 0.6 is 11.6 Å². The molecule has 3 heteroatoms. The molecule has 0 spiro atoms. The zero-order valence-corrected chi connectivity index (χ0v) is 11.8. The summed E-state index contributed by atoms with van der Waals surface area (Å²) in [5, 5.41) is 0. The van der Waals surface area contributed by atoms with Crippen LogP contribution in [-0.4, -0.2) is 29.8 Å². The molecule has 0 N–H and O–H groups in total. The van der Waals surface area contributed by atoms with E-state index in [1.54, 1.807) is 0 Å². The Hall–Kier alpha value is -1.02. The zero-order valence-electron chi connectivity index (χ0n) is 11.0. The van der Waals surface area contributed by atoms with E-state index in [2.05, 4.69) is 0 Å². The van der Waals surface area contributed by atoms with E-state index in [0.29, 0.717) is 5.88 Å². The maximum absolute atomic E-state index is 12.7. The molecule has 2 rings (SSSR count). The van der Waals surface area contributed by atoms with Crippen LogP contribution in [0.5, 0.6) is 0 Å². The van der Waals surface area contributed by atoms with Crippen molar-refractivity contribution < 1.29 is 4.79 Å². The Balaban J connectivity index is 2.32. The highest BCUT2D eigenvalue weighted by Crippen LogP contribution is 2.55. The largest absolute Gasteiger partial charge is 0.342 e. The summed E-state index contributed by atoms with van der Waals surface area (Å²) in [4.78, 5) is 14.6. The normalized spacial score (nSPS) is 25.8. The van der Waals surface area contributed by atoms with Gasteiger partial charge in [-0.15, -0.1) is 11.6 Å². The van der Waals surface area contributed by atoms with Gasteiger partial charge in [0.1, 0.15) is 0 Å². The molecule has 0 radical (unpaired) electrons. The highest BCUT2D eigenvalue weighted by atomic mass is 35.5. The Kier molecular flexibility index (Phi) is 3.96. The fraction of sp³-hybridized carbons (Fsp3) is 0.533. The predicted octanol–water partition coefficient (Wildman–Crippen LogP) is 3.05. The molecule has 18 heavy (non-hydrogen) atoms. The van der Waals surface area contributed by atoms with E-state index in [9.17, 15) is 4.79 Å². The molecule has 2 nitrogen and oxygen atoms in total. The predicted molar refractivity (Wildman–Crippen MR) is 74.9 cm³/mol. The second-order valence-corrected chi connectivity index (χ2v) is 5.18. The minimum Gasteiger partial charge on any atom is -0.342 e. The minimum atomic E-state index is -0.352. The van der Waals surface area contributed by atoms with Crippen molar-refractivity contribution in [3.8, 4) is 0 Å². The van der Waals surface area contributed by atoms with Crippen LogP contribution in [-0.2, 0) is 10.2 Å². The van der Waals surface area contributed by atoms with Crippen molar-refractivity contribution in [1.29, 1.82) is 0 Å². The van der Waals surface area contributed by atoms with Crippen molar-refractivity contribution in [3.05, 3.63) is 35.9 Å². The molecule has 1 amide bonds. The molecule has 1 aliphatic rings. The SMILES string of the molecule is CCN(CC)C(=O)[C@@]1(c2ccccc2)C[C@@H]1CCl. The molecule has 98 valence electrons. The van der Waals surface area contributed by atoms with Gasteiger partial charge in [-0.1, -0.05) is 30.3 Å². The first-order chi connectivity index (χ1) is 8.70. The number of hydrogen-bond acceptors (Lipinski definition) is 1. The number of alkyl halides is 1. The monoisotopic (exact) mass is 265 g/mol. The van der Waals surface area contributed by atoms with Crippen LogP contribution in [0.15, 0.2) is 30.3 Å². The van der Waals surface area contributed by atoms with E-state index in [1.807, 2.05) is 49.1 Å². The van der Waals surface area contributed by atoms with Gasteiger partial charge in [0.25, 0.3) is 0 Å². The van der Waals surface area contributed by atoms with Crippen molar-refractivity contribution in [1.82, 2.24) is 4.90 Å². The number of rotatable bonds is 5. The topological polar surface area (TPSA) is 20.3 Å². The van der Waals surface area contributed by atoms with Crippen LogP contribution in [0.1, 0.15) is 25.8 Å². The molecular formula is C15H20ClNO. The molecule has 0 aromatic heterocycles. The van der Waals surface area contributed by atoms with Crippen molar-refractivity contribution in [2.75, 3.05) is 19.0 Å². The van der Waals surface area contributed by atoms with Crippen LogP contribution in [0.25, 0.3) is 0 Å². The molecule has 1 aromatic carbocycles. The molecule has 0 bridgehead atoms. The third-order valence-corrected chi connectivity index (χ3v) is 4.39. The Morgan fingerprint density at radius 1 is 1.33 bits per heavy atom. The molecule has 1 saturated carbocycles. The quantitative estimate of drug-likeness (QED) is 0.750. The van der Waals surface area contributed by atoms with E-state index >= 15 is 0 Å². The van der Waals surface area contributed by atoms with Gasteiger partial charge >= 0.3 is 0 Å². The second-order valence-electron chi connectivity index (χ2n) is 4.87. The smallest absolute Gasteiger partial charge is 0.233 e. The summed E-state index contributed by atoms with van der Waals surface area (Å²) in [6.07, 6.45) is 0.885. The fourth-order valence-electron chi connectivity index (χ4n) is 2.78. The van der Waals surface area contributed by atoms with E-state index in [4.69, 9.17) is 11.6 Å². The molecule has 0 unspecified atom stereocenters. The van der Waals surface area contributed by atoms with E-state index in [0.717, 1.165) is 25.1 Å². The summed E-state index contributed by atoms with van der Waals surface area (Å²) in [5.41, 5.74) is 0.766. The lowest BCUT2D eigenvalue weighted by molar-refractivity contribution is -0.133. The summed E-state index contributed by atoms with van der Waals surface area (Å²) in [6, 6.07) is 10.1. The average molecular weight is 266 g/mol. The Morgan fingerprint density at radius 3 is 2.39 bits per heavy atom. The van der Waals surface area contributed by atoms with Crippen LogP contribution in [0.4, 0.5) is 0 Å². The first kappa shape index (κ1) is 13.4. The number of likely N-dealkylation sites (N-methyl/N-ethyl adjacent to an activating group) is 1. The summed E-state index contributed by atoms with van der Waals surface area (Å²) < 4.78 is 0. The number of carbonyl (C=O) groups excluding carboxylic acids is 1. The minimum absolute atomic E-state index is 0.240. The zero-order chi connectivity index (χ0) is 13.2. The average Bonchev–Trinajstić information content (AvgIpc) is 3.17. The fourth-order valence-corrected chi connectivity index (χ4v) is 3.16. The number of carbonyl (C=O) groups is 1. The lowest BCUT2D eigenvalue weighted by Crippen LogP contribution is -2.40. The van der Waals surface area contributed by atoms with Crippen LogP contribution < -0.4 is 0 Å². The van der Waals surface area contributed by atoms with Gasteiger partial charge in [0, 0.05) is 19.0 Å². The Bertz CT molecular complexity index is 416. The van der Waals surface area contributed by atoms with E-state index in [-0.39, 0.29) is 17.2 Å². The van der Waals surface area contributed by atoms with E-state index in [1.165, 1.54) is 0 Å². The van der Waals surface area contributed by atoms with Gasteiger partial charge in [-0.2, -0.15) is 0 Å². The highest BCUT2D eigenvalue weighted by Gasteiger charge is 2.61. The third-order valence-electron chi connectivity index (χ3n) is 4.01. The molecular weight excluding hydrogens is 246 g/mol. The van der Waals surface area contributed by atoms with Crippen molar-refractivity contribution >= 4 is 17.5 Å². The summed E-state index contributed by atoms with van der Waals surface area (Å²) in [6.45, 7) is 5.58. The molecule has 2 atom stereocenters. The van der Waals surface area contributed by atoms with Gasteiger partial charge in [-0.3, -0.25) is 4.79 Å². The maximum atomic E-state index is 12.7. The van der Waals surface area contributed by atoms with E-state index < -0.39 is 0 Å².